The van der Waals surface area contributed by atoms with E-state index < -0.39 is 0 Å². The SMILES string of the molecule is CCCCCNc1cc(C(=O)Nc2cccc(C#N)c2)ccn1. The van der Waals surface area contributed by atoms with E-state index in [1.165, 1.54) is 12.8 Å². The van der Waals surface area contributed by atoms with E-state index in [9.17, 15) is 4.79 Å². The molecule has 0 aliphatic heterocycles. The van der Waals surface area contributed by atoms with Gasteiger partial charge >= 0.3 is 0 Å². The van der Waals surface area contributed by atoms with Gasteiger partial charge in [0.05, 0.1) is 11.6 Å². The van der Waals surface area contributed by atoms with Gasteiger partial charge in [0.25, 0.3) is 5.91 Å². The molecule has 1 aromatic heterocycles. The number of aromatic nitrogens is 1. The van der Waals surface area contributed by atoms with Crippen molar-refractivity contribution in [2.75, 3.05) is 17.2 Å². The highest BCUT2D eigenvalue weighted by Gasteiger charge is 2.08. The molecule has 23 heavy (non-hydrogen) atoms. The zero-order valence-corrected chi connectivity index (χ0v) is 13.2. The van der Waals surface area contributed by atoms with Crippen LogP contribution in [0.25, 0.3) is 0 Å². The minimum absolute atomic E-state index is 0.223. The Hall–Kier alpha value is -2.87. The number of carbonyl (C=O) groups is 1. The second-order valence-electron chi connectivity index (χ2n) is 5.21. The van der Waals surface area contributed by atoms with Crippen LogP contribution in [0.5, 0.6) is 0 Å². The van der Waals surface area contributed by atoms with Gasteiger partial charge in [-0.15, -0.1) is 0 Å². The molecule has 1 heterocycles. The van der Waals surface area contributed by atoms with Crippen LogP contribution in [0.2, 0.25) is 0 Å². The molecule has 1 aromatic carbocycles. The number of nitrogens with one attached hydrogen (secondary N) is 2. The number of benzene rings is 1. The lowest BCUT2D eigenvalue weighted by Crippen LogP contribution is -2.13. The Morgan fingerprint density at radius 3 is 2.91 bits per heavy atom. The lowest BCUT2D eigenvalue weighted by molar-refractivity contribution is 0.102. The van der Waals surface area contributed by atoms with Crippen molar-refractivity contribution in [2.24, 2.45) is 0 Å². The number of unbranched alkanes of at least 4 members (excludes halogenated alkanes) is 2. The average Bonchev–Trinajstić information content (AvgIpc) is 2.59. The fourth-order valence-electron chi connectivity index (χ4n) is 2.13. The molecule has 2 N–H and O–H groups in total. The third-order valence-corrected chi connectivity index (χ3v) is 3.36. The van der Waals surface area contributed by atoms with Crippen LogP contribution in [0.1, 0.15) is 42.1 Å². The van der Waals surface area contributed by atoms with Crippen LogP contribution in [0.3, 0.4) is 0 Å². The molecule has 118 valence electrons. The Bertz CT molecular complexity index is 706. The summed E-state index contributed by atoms with van der Waals surface area (Å²) >= 11 is 0. The molecule has 0 fully saturated rings. The van der Waals surface area contributed by atoms with Gasteiger partial charge in [-0.3, -0.25) is 4.79 Å². The Morgan fingerprint density at radius 1 is 1.26 bits per heavy atom. The molecule has 0 atom stereocenters. The highest BCUT2D eigenvalue weighted by Crippen LogP contribution is 2.13. The van der Waals surface area contributed by atoms with Crippen molar-refractivity contribution in [3.05, 3.63) is 53.7 Å². The number of rotatable bonds is 7. The van der Waals surface area contributed by atoms with E-state index in [1.807, 2.05) is 0 Å². The second-order valence-corrected chi connectivity index (χ2v) is 5.21. The summed E-state index contributed by atoms with van der Waals surface area (Å²) in [6.07, 6.45) is 5.03. The number of anilines is 2. The first-order valence-electron chi connectivity index (χ1n) is 7.74. The van der Waals surface area contributed by atoms with Crippen molar-refractivity contribution in [3.8, 4) is 6.07 Å². The molecule has 0 saturated heterocycles. The Labute approximate surface area is 136 Å². The summed E-state index contributed by atoms with van der Waals surface area (Å²) in [6.45, 7) is 3.00. The Morgan fingerprint density at radius 2 is 2.13 bits per heavy atom. The van der Waals surface area contributed by atoms with Crippen molar-refractivity contribution in [1.29, 1.82) is 5.26 Å². The molecule has 0 aliphatic rings. The molecule has 0 spiro atoms. The maximum Gasteiger partial charge on any atom is 0.255 e. The van der Waals surface area contributed by atoms with Gasteiger partial charge in [0.2, 0.25) is 0 Å². The van der Waals surface area contributed by atoms with Crippen LogP contribution in [-0.4, -0.2) is 17.4 Å². The summed E-state index contributed by atoms with van der Waals surface area (Å²) in [7, 11) is 0. The van der Waals surface area contributed by atoms with Crippen LogP contribution < -0.4 is 10.6 Å². The smallest absolute Gasteiger partial charge is 0.255 e. The minimum atomic E-state index is -0.223. The predicted molar refractivity (Wildman–Crippen MR) is 91.4 cm³/mol. The summed E-state index contributed by atoms with van der Waals surface area (Å²) < 4.78 is 0. The zero-order chi connectivity index (χ0) is 16.5. The number of pyridine rings is 1. The normalized spacial score (nSPS) is 9.91. The van der Waals surface area contributed by atoms with Crippen molar-refractivity contribution in [3.63, 3.8) is 0 Å². The minimum Gasteiger partial charge on any atom is -0.370 e. The van der Waals surface area contributed by atoms with Crippen molar-refractivity contribution in [2.45, 2.75) is 26.2 Å². The van der Waals surface area contributed by atoms with Gasteiger partial charge in [-0.1, -0.05) is 25.8 Å². The summed E-state index contributed by atoms with van der Waals surface area (Å²) in [5.74, 6) is 0.471. The van der Waals surface area contributed by atoms with E-state index in [0.29, 0.717) is 22.6 Å². The molecule has 5 heteroatoms. The second kappa shape index (κ2) is 8.54. The Balaban J connectivity index is 2.00. The first-order chi connectivity index (χ1) is 11.2. The first kappa shape index (κ1) is 16.5. The number of nitriles is 1. The Kier molecular flexibility index (Phi) is 6.13. The summed E-state index contributed by atoms with van der Waals surface area (Å²) in [4.78, 5) is 16.5. The molecule has 0 bridgehead atoms. The standard InChI is InChI=1S/C18H20N4O/c1-2-3-4-9-20-17-12-15(8-10-21-17)18(23)22-16-7-5-6-14(11-16)13-19/h5-8,10-12H,2-4,9H2,1H3,(H,20,21)(H,22,23). The van der Waals surface area contributed by atoms with Crippen molar-refractivity contribution in [1.82, 2.24) is 4.98 Å². The zero-order valence-electron chi connectivity index (χ0n) is 13.2. The van der Waals surface area contributed by atoms with Crippen LogP contribution in [-0.2, 0) is 0 Å². The maximum absolute atomic E-state index is 12.3. The summed E-state index contributed by atoms with van der Waals surface area (Å²) in [6, 6.07) is 12.3. The third-order valence-electron chi connectivity index (χ3n) is 3.36. The third kappa shape index (κ3) is 5.11. The van der Waals surface area contributed by atoms with Gasteiger partial charge in [-0.2, -0.15) is 5.26 Å². The van der Waals surface area contributed by atoms with Crippen LogP contribution in [0.4, 0.5) is 11.5 Å². The highest BCUT2D eigenvalue weighted by molar-refractivity contribution is 6.04. The number of amides is 1. The lowest BCUT2D eigenvalue weighted by atomic mass is 10.2. The predicted octanol–water partition coefficient (Wildman–Crippen LogP) is 3.81. The van der Waals surface area contributed by atoms with E-state index in [1.54, 1.807) is 42.6 Å². The van der Waals surface area contributed by atoms with Gasteiger partial charge in [-0.25, -0.2) is 4.98 Å². The van der Waals surface area contributed by atoms with Crippen LogP contribution in [0.15, 0.2) is 42.6 Å². The number of carbonyl (C=O) groups excluding carboxylic acids is 1. The quantitative estimate of drug-likeness (QED) is 0.762. The molecule has 0 radical (unpaired) electrons. The molecule has 0 saturated carbocycles. The highest BCUT2D eigenvalue weighted by atomic mass is 16.1. The van der Waals surface area contributed by atoms with Gasteiger partial charge in [0.1, 0.15) is 5.82 Å². The number of nitrogens with zero attached hydrogens (tertiary/aromatic N) is 2. The van der Waals surface area contributed by atoms with Gasteiger partial charge < -0.3 is 10.6 Å². The first-order valence-corrected chi connectivity index (χ1v) is 7.74. The molecule has 2 aromatic rings. The van der Waals surface area contributed by atoms with Crippen molar-refractivity contribution >= 4 is 17.4 Å². The number of hydrogen-bond donors (Lipinski definition) is 2. The van der Waals surface area contributed by atoms with Gasteiger partial charge in [0, 0.05) is 24.0 Å². The van der Waals surface area contributed by atoms with E-state index in [0.717, 1.165) is 13.0 Å². The van der Waals surface area contributed by atoms with E-state index in [2.05, 4.69) is 28.6 Å². The molecule has 0 unspecified atom stereocenters. The van der Waals surface area contributed by atoms with Crippen molar-refractivity contribution < 1.29 is 4.79 Å². The average molecular weight is 308 g/mol. The van der Waals surface area contributed by atoms with E-state index >= 15 is 0 Å². The summed E-state index contributed by atoms with van der Waals surface area (Å²) in [5, 5.41) is 14.9. The van der Waals surface area contributed by atoms with Crippen LogP contribution in [0, 0.1) is 11.3 Å². The maximum atomic E-state index is 12.3. The van der Waals surface area contributed by atoms with Crippen LogP contribution >= 0.6 is 0 Å². The molecule has 1 amide bonds. The van der Waals surface area contributed by atoms with Gasteiger partial charge in [0.15, 0.2) is 0 Å². The van der Waals surface area contributed by atoms with Gasteiger partial charge in [-0.05, 0) is 36.8 Å². The van der Waals surface area contributed by atoms with E-state index in [4.69, 9.17) is 5.26 Å². The topological polar surface area (TPSA) is 77.8 Å². The molecular formula is C18H20N4O. The fourth-order valence-corrected chi connectivity index (χ4v) is 2.13. The molecule has 2 rings (SSSR count). The largest absolute Gasteiger partial charge is 0.370 e. The number of hydrogen-bond acceptors (Lipinski definition) is 4. The molecule has 5 nitrogen and oxygen atoms in total. The summed E-state index contributed by atoms with van der Waals surface area (Å²) in [5.41, 5.74) is 1.64. The molecule has 0 aliphatic carbocycles. The fraction of sp³-hybridized carbons (Fsp3) is 0.278. The lowest BCUT2D eigenvalue weighted by Gasteiger charge is -2.08. The molecular weight excluding hydrogens is 288 g/mol. The van der Waals surface area contributed by atoms with E-state index in [-0.39, 0.29) is 5.91 Å². The monoisotopic (exact) mass is 308 g/mol.